The number of hydrogen-bond donors (Lipinski definition) is 1. The highest BCUT2D eigenvalue weighted by molar-refractivity contribution is 8.14. The first-order chi connectivity index (χ1) is 5.86. The average Bonchev–Trinajstić information content (AvgIpc) is 2.56. The Morgan fingerprint density at radius 3 is 3.25 bits per heavy atom. The van der Waals surface area contributed by atoms with E-state index in [9.17, 15) is 0 Å². The first-order valence-corrected chi connectivity index (χ1v) is 5.50. The minimum absolute atomic E-state index is 0.614. The van der Waals surface area contributed by atoms with Crippen LogP contribution < -0.4 is 5.32 Å². The van der Waals surface area contributed by atoms with E-state index in [0.29, 0.717) is 6.04 Å². The van der Waals surface area contributed by atoms with Crippen LogP contribution in [-0.2, 0) is 0 Å². The molecule has 2 aliphatic heterocycles. The highest BCUT2D eigenvalue weighted by atomic mass is 32.2. The summed E-state index contributed by atoms with van der Waals surface area (Å²) in [6, 6.07) is 0.614. The summed E-state index contributed by atoms with van der Waals surface area (Å²) in [7, 11) is 0. The number of thioether (sulfide) groups is 1. The average molecular weight is 185 g/mol. The molecule has 4 heteroatoms. The predicted octanol–water partition coefficient (Wildman–Crippen LogP) is 0.383. The number of rotatable bonds is 0. The Bertz CT molecular complexity index is 193. The summed E-state index contributed by atoms with van der Waals surface area (Å²) in [5.74, 6) is 1.17. The van der Waals surface area contributed by atoms with Gasteiger partial charge in [0.25, 0.3) is 0 Å². The largest absolute Gasteiger partial charge is 0.349 e. The Kier molecular flexibility index (Phi) is 2.56. The number of aliphatic imine (C=N–C) groups is 1. The van der Waals surface area contributed by atoms with E-state index >= 15 is 0 Å². The van der Waals surface area contributed by atoms with E-state index in [1.165, 1.54) is 10.9 Å². The van der Waals surface area contributed by atoms with E-state index in [1.807, 2.05) is 11.8 Å². The van der Waals surface area contributed by atoms with Crippen molar-refractivity contribution in [2.24, 2.45) is 4.99 Å². The smallest absolute Gasteiger partial charge is 0.159 e. The van der Waals surface area contributed by atoms with Crippen molar-refractivity contribution in [3.8, 4) is 0 Å². The fraction of sp³-hybridized carbons (Fsp3) is 0.875. The van der Waals surface area contributed by atoms with Crippen LogP contribution in [0.3, 0.4) is 0 Å². The Balaban J connectivity index is 1.94. The minimum Gasteiger partial charge on any atom is -0.349 e. The summed E-state index contributed by atoms with van der Waals surface area (Å²) in [6.07, 6.45) is 0. The Labute approximate surface area is 77.6 Å². The van der Waals surface area contributed by atoms with Gasteiger partial charge in [-0.1, -0.05) is 11.8 Å². The Morgan fingerprint density at radius 1 is 1.67 bits per heavy atom. The third-order valence-electron chi connectivity index (χ3n) is 2.21. The quantitative estimate of drug-likeness (QED) is 0.591. The second-order valence-electron chi connectivity index (χ2n) is 3.31. The summed E-state index contributed by atoms with van der Waals surface area (Å²) in [4.78, 5) is 6.87. The summed E-state index contributed by atoms with van der Waals surface area (Å²) in [5.41, 5.74) is 0. The van der Waals surface area contributed by atoms with Gasteiger partial charge in [0.05, 0.1) is 6.54 Å². The van der Waals surface area contributed by atoms with Crippen LogP contribution in [0.1, 0.15) is 6.92 Å². The molecule has 1 N–H and O–H groups in total. The van der Waals surface area contributed by atoms with Crippen LogP contribution in [0.15, 0.2) is 4.99 Å². The van der Waals surface area contributed by atoms with Crippen LogP contribution >= 0.6 is 11.8 Å². The van der Waals surface area contributed by atoms with Crippen molar-refractivity contribution >= 4 is 16.9 Å². The zero-order chi connectivity index (χ0) is 8.39. The van der Waals surface area contributed by atoms with Gasteiger partial charge in [-0.15, -0.1) is 0 Å². The van der Waals surface area contributed by atoms with Crippen LogP contribution in [0, 0.1) is 0 Å². The molecule has 1 saturated heterocycles. The second kappa shape index (κ2) is 3.66. The molecule has 2 rings (SSSR count). The number of nitrogens with zero attached hydrogens (tertiary/aromatic N) is 2. The molecule has 0 bridgehead atoms. The normalized spacial score (nSPS) is 30.6. The van der Waals surface area contributed by atoms with Gasteiger partial charge in [-0.2, -0.15) is 0 Å². The Hall–Kier alpha value is -0.220. The van der Waals surface area contributed by atoms with Gasteiger partial charge in [0.15, 0.2) is 5.17 Å². The van der Waals surface area contributed by atoms with Gasteiger partial charge in [-0.3, -0.25) is 4.99 Å². The molecule has 0 aliphatic carbocycles. The van der Waals surface area contributed by atoms with Gasteiger partial charge in [0.1, 0.15) is 0 Å². The second-order valence-corrected chi connectivity index (χ2v) is 4.38. The lowest BCUT2D eigenvalue weighted by Gasteiger charge is -2.32. The molecule has 3 nitrogen and oxygen atoms in total. The van der Waals surface area contributed by atoms with Crippen LogP contribution in [0.25, 0.3) is 0 Å². The van der Waals surface area contributed by atoms with Crippen LogP contribution in [-0.4, -0.2) is 48.0 Å². The molecular weight excluding hydrogens is 170 g/mol. The van der Waals surface area contributed by atoms with Crippen molar-refractivity contribution < 1.29 is 0 Å². The van der Waals surface area contributed by atoms with E-state index in [4.69, 9.17) is 0 Å². The maximum atomic E-state index is 4.47. The molecule has 1 unspecified atom stereocenters. The van der Waals surface area contributed by atoms with Crippen molar-refractivity contribution in [2.45, 2.75) is 13.0 Å². The lowest BCUT2D eigenvalue weighted by atomic mass is 10.2. The number of piperazine rings is 1. The molecule has 1 atom stereocenters. The van der Waals surface area contributed by atoms with Gasteiger partial charge < -0.3 is 10.2 Å². The lowest BCUT2D eigenvalue weighted by molar-refractivity contribution is 0.308. The fourth-order valence-corrected chi connectivity index (χ4v) is 2.52. The van der Waals surface area contributed by atoms with Crippen LogP contribution in [0.5, 0.6) is 0 Å². The SMILES string of the molecule is CC1CN(C2=NCCS2)CCN1. The topological polar surface area (TPSA) is 27.6 Å². The molecule has 0 spiro atoms. The molecule has 1 fully saturated rings. The van der Waals surface area contributed by atoms with E-state index in [1.54, 1.807) is 0 Å². The maximum Gasteiger partial charge on any atom is 0.159 e. The van der Waals surface area contributed by atoms with Crippen molar-refractivity contribution in [1.29, 1.82) is 0 Å². The molecule has 0 aromatic rings. The predicted molar refractivity (Wildman–Crippen MR) is 53.8 cm³/mol. The van der Waals surface area contributed by atoms with E-state index < -0.39 is 0 Å². The van der Waals surface area contributed by atoms with E-state index in [2.05, 4.69) is 22.1 Å². The van der Waals surface area contributed by atoms with Gasteiger partial charge in [-0.25, -0.2) is 0 Å². The molecule has 2 heterocycles. The van der Waals surface area contributed by atoms with E-state index in [0.717, 1.165) is 26.2 Å². The molecule has 0 radical (unpaired) electrons. The summed E-state index contributed by atoms with van der Waals surface area (Å²) in [6.45, 7) is 6.58. The Morgan fingerprint density at radius 2 is 2.58 bits per heavy atom. The van der Waals surface area contributed by atoms with Gasteiger partial charge in [-0.05, 0) is 6.92 Å². The molecule has 0 saturated carbocycles. The highest BCUT2D eigenvalue weighted by Gasteiger charge is 2.20. The number of amidine groups is 1. The molecule has 12 heavy (non-hydrogen) atoms. The van der Waals surface area contributed by atoms with Crippen molar-refractivity contribution in [1.82, 2.24) is 10.2 Å². The lowest BCUT2D eigenvalue weighted by Crippen LogP contribution is -2.50. The fourth-order valence-electron chi connectivity index (χ4n) is 1.62. The summed E-state index contributed by atoms with van der Waals surface area (Å²) in [5, 5.41) is 4.70. The van der Waals surface area contributed by atoms with Gasteiger partial charge >= 0.3 is 0 Å². The first kappa shape index (κ1) is 8.38. The molecule has 2 aliphatic rings. The summed E-state index contributed by atoms with van der Waals surface area (Å²) >= 11 is 1.90. The minimum atomic E-state index is 0.614. The summed E-state index contributed by atoms with van der Waals surface area (Å²) < 4.78 is 0. The molecule has 0 amide bonds. The first-order valence-electron chi connectivity index (χ1n) is 4.52. The molecule has 0 aromatic heterocycles. The third kappa shape index (κ3) is 1.75. The van der Waals surface area contributed by atoms with Crippen molar-refractivity contribution in [2.75, 3.05) is 31.9 Å². The van der Waals surface area contributed by atoms with Crippen molar-refractivity contribution in [3.63, 3.8) is 0 Å². The zero-order valence-corrected chi connectivity index (χ0v) is 8.23. The van der Waals surface area contributed by atoms with Crippen molar-refractivity contribution in [3.05, 3.63) is 0 Å². The van der Waals surface area contributed by atoms with Gasteiger partial charge in [0, 0.05) is 31.4 Å². The molecule has 0 aromatic carbocycles. The number of nitrogens with one attached hydrogen (secondary N) is 1. The van der Waals surface area contributed by atoms with E-state index in [-0.39, 0.29) is 0 Å². The van der Waals surface area contributed by atoms with Crippen LogP contribution in [0.2, 0.25) is 0 Å². The standard InChI is InChI=1S/C8H15N3S/c1-7-6-11(4-2-9-7)8-10-3-5-12-8/h7,9H,2-6H2,1H3. The zero-order valence-electron chi connectivity index (χ0n) is 7.42. The monoisotopic (exact) mass is 185 g/mol. The highest BCUT2D eigenvalue weighted by Crippen LogP contribution is 2.16. The molecule has 68 valence electrons. The van der Waals surface area contributed by atoms with Crippen LogP contribution in [0.4, 0.5) is 0 Å². The molecular formula is C8H15N3S. The van der Waals surface area contributed by atoms with Gasteiger partial charge in [0.2, 0.25) is 0 Å². The third-order valence-corrected chi connectivity index (χ3v) is 3.24. The number of hydrogen-bond acceptors (Lipinski definition) is 4. The maximum absolute atomic E-state index is 4.47.